The standard InChI is InChI=1S/C19H20N2O4/c1-12-9-10-15(13(2)11-12)18(23)25-16(14-7-5-4-6-8-14)17(22)21-19(24)20-3/h4-11,16H,1-3H3,(H2,20,21,22,24)/t16-/m1/s1. The number of amides is 3. The number of ether oxygens (including phenoxy) is 1. The van der Waals surface area contributed by atoms with E-state index < -0.39 is 24.0 Å². The Hall–Kier alpha value is -3.15. The summed E-state index contributed by atoms with van der Waals surface area (Å²) < 4.78 is 5.42. The van der Waals surface area contributed by atoms with Gasteiger partial charge in [-0.2, -0.15) is 0 Å². The largest absolute Gasteiger partial charge is 0.444 e. The molecule has 25 heavy (non-hydrogen) atoms. The van der Waals surface area contributed by atoms with Gasteiger partial charge in [-0.1, -0.05) is 48.0 Å². The molecule has 0 aromatic heterocycles. The zero-order chi connectivity index (χ0) is 18.4. The molecular weight excluding hydrogens is 320 g/mol. The van der Waals surface area contributed by atoms with E-state index >= 15 is 0 Å². The molecule has 0 fully saturated rings. The SMILES string of the molecule is CNC(=O)NC(=O)[C@H](OC(=O)c1ccc(C)cc1C)c1ccccc1. The maximum absolute atomic E-state index is 12.5. The van der Waals surface area contributed by atoms with Crippen molar-refractivity contribution in [1.29, 1.82) is 0 Å². The van der Waals surface area contributed by atoms with Crippen LogP contribution >= 0.6 is 0 Å². The van der Waals surface area contributed by atoms with Gasteiger partial charge < -0.3 is 10.1 Å². The molecule has 6 nitrogen and oxygen atoms in total. The highest BCUT2D eigenvalue weighted by Gasteiger charge is 2.27. The van der Waals surface area contributed by atoms with Gasteiger partial charge in [-0.3, -0.25) is 10.1 Å². The third-order valence-corrected chi connectivity index (χ3v) is 3.63. The van der Waals surface area contributed by atoms with Crippen molar-refractivity contribution in [3.63, 3.8) is 0 Å². The monoisotopic (exact) mass is 340 g/mol. The Morgan fingerprint density at radius 2 is 1.68 bits per heavy atom. The van der Waals surface area contributed by atoms with E-state index in [-0.39, 0.29) is 0 Å². The number of esters is 1. The molecule has 0 saturated heterocycles. The number of nitrogens with one attached hydrogen (secondary N) is 2. The number of hydrogen-bond acceptors (Lipinski definition) is 4. The maximum atomic E-state index is 12.5. The number of imide groups is 1. The van der Waals surface area contributed by atoms with Crippen molar-refractivity contribution in [1.82, 2.24) is 10.6 Å². The Bertz CT molecular complexity index is 787. The Labute approximate surface area is 146 Å². The Morgan fingerprint density at radius 3 is 2.28 bits per heavy atom. The first-order valence-electron chi connectivity index (χ1n) is 7.78. The second-order valence-electron chi connectivity index (χ2n) is 5.58. The molecule has 1 atom stereocenters. The third-order valence-electron chi connectivity index (χ3n) is 3.63. The predicted octanol–water partition coefficient (Wildman–Crippen LogP) is 2.66. The highest BCUT2D eigenvalue weighted by molar-refractivity contribution is 5.99. The van der Waals surface area contributed by atoms with Crippen LogP contribution in [-0.2, 0) is 9.53 Å². The van der Waals surface area contributed by atoms with Gasteiger partial charge in [0.2, 0.25) is 6.10 Å². The fraction of sp³-hybridized carbons (Fsp3) is 0.211. The minimum absolute atomic E-state index is 0.374. The molecule has 0 saturated carbocycles. The van der Waals surface area contributed by atoms with Gasteiger partial charge in [0.05, 0.1) is 5.56 Å². The van der Waals surface area contributed by atoms with E-state index in [1.54, 1.807) is 49.4 Å². The molecule has 0 spiro atoms. The lowest BCUT2D eigenvalue weighted by Gasteiger charge is -2.18. The normalized spacial score (nSPS) is 11.3. The summed E-state index contributed by atoms with van der Waals surface area (Å²) in [5.41, 5.74) is 2.62. The van der Waals surface area contributed by atoms with E-state index in [0.29, 0.717) is 11.1 Å². The average Bonchev–Trinajstić information content (AvgIpc) is 2.59. The zero-order valence-corrected chi connectivity index (χ0v) is 14.3. The van der Waals surface area contributed by atoms with Crippen LogP contribution in [0.15, 0.2) is 48.5 Å². The molecule has 0 aliphatic carbocycles. The molecule has 2 aromatic carbocycles. The third kappa shape index (κ3) is 4.67. The highest BCUT2D eigenvalue weighted by atomic mass is 16.5. The molecule has 0 heterocycles. The van der Waals surface area contributed by atoms with Crippen LogP contribution in [0, 0.1) is 13.8 Å². The predicted molar refractivity (Wildman–Crippen MR) is 93.1 cm³/mol. The molecule has 2 aromatic rings. The van der Waals surface area contributed by atoms with Gasteiger partial charge in [0.1, 0.15) is 0 Å². The first-order valence-corrected chi connectivity index (χ1v) is 7.78. The van der Waals surface area contributed by atoms with Crippen molar-refractivity contribution < 1.29 is 19.1 Å². The van der Waals surface area contributed by atoms with Crippen LogP contribution in [0.1, 0.15) is 33.2 Å². The van der Waals surface area contributed by atoms with Crippen molar-refractivity contribution in [2.24, 2.45) is 0 Å². The number of carbonyl (C=O) groups excluding carboxylic acids is 3. The van der Waals surface area contributed by atoms with Crippen molar-refractivity contribution >= 4 is 17.9 Å². The van der Waals surface area contributed by atoms with Gasteiger partial charge in [0.15, 0.2) is 0 Å². The zero-order valence-electron chi connectivity index (χ0n) is 14.3. The highest BCUT2D eigenvalue weighted by Crippen LogP contribution is 2.21. The van der Waals surface area contributed by atoms with E-state index in [1.165, 1.54) is 7.05 Å². The molecule has 2 N–H and O–H groups in total. The quantitative estimate of drug-likeness (QED) is 0.838. The Kier molecular flexibility index (Phi) is 5.89. The summed E-state index contributed by atoms with van der Waals surface area (Å²) in [6.45, 7) is 3.72. The summed E-state index contributed by atoms with van der Waals surface area (Å²) in [6, 6.07) is 13.2. The summed E-state index contributed by atoms with van der Waals surface area (Å²) in [5, 5.41) is 4.43. The van der Waals surface area contributed by atoms with Gasteiger partial charge in [-0.05, 0) is 25.5 Å². The minimum atomic E-state index is -1.23. The summed E-state index contributed by atoms with van der Waals surface area (Å²) >= 11 is 0. The number of aryl methyl sites for hydroxylation is 2. The van der Waals surface area contributed by atoms with E-state index in [9.17, 15) is 14.4 Å². The van der Waals surface area contributed by atoms with Crippen molar-refractivity contribution in [2.45, 2.75) is 20.0 Å². The van der Waals surface area contributed by atoms with E-state index in [1.807, 2.05) is 13.0 Å². The molecule has 0 aliphatic heterocycles. The molecule has 0 bridgehead atoms. The smallest absolute Gasteiger partial charge is 0.339 e. The number of rotatable bonds is 4. The van der Waals surface area contributed by atoms with E-state index in [0.717, 1.165) is 11.1 Å². The van der Waals surface area contributed by atoms with Crippen molar-refractivity contribution in [3.8, 4) is 0 Å². The van der Waals surface area contributed by atoms with Gasteiger partial charge in [-0.15, -0.1) is 0 Å². The van der Waals surface area contributed by atoms with Crippen LogP contribution in [0.25, 0.3) is 0 Å². The van der Waals surface area contributed by atoms with E-state index in [2.05, 4.69) is 10.6 Å². The molecular formula is C19H20N2O4. The topological polar surface area (TPSA) is 84.5 Å². The molecule has 0 unspecified atom stereocenters. The minimum Gasteiger partial charge on any atom is -0.444 e. The average molecular weight is 340 g/mol. The van der Waals surface area contributed by atoms with Gasteiger partial charge in [0.25, 0.3) is 5.91 Å². The van der Waals surface area contributed by atoms with E-state index in [4.69, 9.17) is 4.74 Å². The maximum Gasteiger partial charge on any atom is 0.339 e. The van der Waals surface area contributed by atoms with Crippen LogP contribution in [0.2, 0.25) is 0 Å². The van der Waals surface area contributed by atoms with Crippen molar-refractivity contribution in [2.75, 3.05) is 7.05 Å². The summed E-state index contributed by atoms with van der Waals surface area (Å²) in [5.74, 6) is -1.35. The van der Waals surface area contributed by atoms with Gasteiger partial charge in [-0.25, -0.2) is 9.59 Å². The number of hydrogen-bond donors (Lipinski definition) is 2. The van der Waals surface area contributed by atoms with Crippen molar-refractivity contribution in [3.05, 3.63) is 70.8 Å². The lowest BCUT2D eigenvalue weighted by atomic mass is 10.1. The summed E-state index contributed by atoms with van der Waals surface area (Å²) in [6.07, 6.45) is -1.23. The fourth-order valence-electron chi connectivity index (χ4n) is 2.35. The summed E-state index contributed by atoms with van der Waals surface area (Å²) in [4.78, 5) is 36.3. The van der Waals surface area contributed by atoms with Crippen LogP contribution in [0.3, 0.4) is 0 Å². The fourth-order valence-corrected chi connectivity index (χ4v) is 2.35. The molecule has 0 radical (unpaired) electrons. The van der Waals surface area contributed by atoms with Gasteiger partial charge >= 0.3 is 12.0 Å². The van der Waals surface area contributed by atoms with Crippen LogP contribution < -0.4 is 10.6 Å². The van der Waals surface area contributed by atoms with Crippen LogP contribution in [-0.4, -0.2) is 25.0 Å². The number of carbonyl (C=O) groups is 3. The lowest BCUT2D eigenvalue weighted by molar-refractivity contribution is -0.129. The Balaban J connectivity index is 2.28. The molecule has 3 amide bonds. The molecule has 2 rings (SSSR count). The number of benzene rings is 2. The van der Waals surface area contributed by atoms with Crippen LogP contribution in [0.5, 0.6) is 0 Å². The second kappa shape index (κ2) is 8.10. The summed E-state index contributed by atoms with van der Waals surface area (Å²) in [7, 11) is 1.39. The molecule has 130 valence electrons. The lowest BCUT2D eigenvalue weighted by Crippen LogP contribution is -2.41. The Morgan fingerprint density at radius 1 is 1.00 bits per heavy atom. The van der Waals surface area contributed by atoms with Gasteiger partial charge in [0, 0.05) is 12.6 Å². The second-order valence-corrected chi connectivity index (χ2v) is 5.58. The number of urea groups is 1. The molecule has 6 heteroatoms. The first kappa shape index (κ1) is 18.2. The molecule has 0 aliphatic rings. The first-order chi connectivity index (χ1) is 11.9. The van der Waals surface area contributed by atoms with Crippen LogP contribution in [0.4, 0.5) is 4.79 Å².